The SMILES string of the molecule is COc1c(Br)cccc1CN1CCCCC1. The number of benzene rings is 1. The Bertz CT molecular complexity index is 348. The third kappa shape index (κ3) is 2.77. The van der Waals surface area contributed by atoms with Crippen molar-refractivity contribution in [1.82, 2.24) is 4.90 Å². The number of halogens is 1. The van der Waals surface area contributed by atoms with E-state index in [1.807, 2.05) is 6.07 Å². The molecule has 0 amide bonds. The van der Waals surface area contributed by atoms with Crippen LogP contribution in [-0.2, 0) is 6.54 Å². The van der Waals surface area contributed by atoms with E-state index >= 15 is 0 Å². The van der Waals surface area contributed by atoms with Gasteiger partial charge in [0.15, 0.2) is 0 Å². The molecule has 0 bridgehead atoms. The molecule has 1 aromatic rings. The van der Waals surface area contributed by atoms with Crippen LogP contribution < -0.4 is 4.74 Å². The van der Waals surface area contributed by atoms with Crippen LogP contribution in [0.1, 0.15) is 24.8 Å². The predicted octanol–water partition coefficient (Wildman–Crippen LogP) is 3.44. The van der Waals surface area contributed by atoms with Gasteiger partial charge < -0.3 is 4.74 Å². The quantitative estimate of drug-likeness (QED) is 0.843. The summed E-state index contributed by atoms with van der Waals surface area (Å²) in [5.41, 5.74) is 1.28. The summed E-state index contributed by atoms with van der Waals surface area (Å²) in [7, 11) is 1.74. The molecular formula is C13H18BrNO. The van der Waals surface area contributed by atoms with Crippen LogP contribution in [0.2, 0.25) is 0 Å². The molecule has 3 heteroatoms. The van der Waals surface area contributed by atoms with Gasteiger partial charge in [-0.25, -0.2) is 0 Å². The van der Waals surface area contributed by atoms with Crippen molar-refractivity contribution in [3.8, 4) is 5.75 Å². The second-order valence-electron chi connectivity index (χ2n) is 4.27. The zero-order valence-corrected chi connectivity index (χ0v) is 11.3. The highest BCUT2D eigenvalue weighted by Gasteiger charge is 2.13. The molecule has 1 aliphatic rings. The molecule has 88 valence electrons. The molecule has 2 nitrogen and oxygen atoms in total. The first kappa shape index (κ1) is 11.9. The Morgan fingerprint density at radius 2 is 2.00 bits per heavy atom. The van der Waals surface area contributed by atoms with E-state index in [-0.39, 0.29) is 0 Å². The van der Waals surface area contributed by atoms with Gasteiger partial charge in [0.1, 0.15) is 5.75 Å². The van der Waals surface area contributed by atoms with Gasteiger partial charge in [0.05, 0.1) is 11.6 Å². The summed E-state index contributed by atoms with van der Waals surface area (Å²) < 4.78 is 6.49. The van der Waals surface area contributed by atoms with E-state index in [4.69, 9.17) is 4.74 Å². The van der Waals surface area contributed by atoms with Crippen LogP contribution in [0.5, 0.6) is 5.75 Å². The minimum atomic E-state index is 0.980. The third-order valence-corrected chi connectivity index (χ3v) is 3.72. The van der Waals surface area contributed by atoms with E-state index in [2.05, 4.69) is 33.0 Å². The number of ether oxygens (including phenoxy) is 1. The molecule has 0 aliphatic carbocycles. The lowest BCUT2D eigenvalue weighted by atomic mass is 10.1. The zero-order chi connectivity index (χ0) is 11.4. The average Bonchev–Trinajstić information content (AvgIpc) is 2.31. The molecule has 2 rings (SSSR count). The van der Waals surface area contributed by atoms with Gasteiger partial charge in [-0.2, -0.15) is 0 Å². The zero-order valence-electron chi connectivity index (χ0n) is 9.71. The topological polar surface area (TPSA) is 12.5 Å². The fraction of sp³-hybridized carbons (Fsp3) is 0.538. The molecule has 0 N–H and O–H groups in total. The van der Waals surface area contributed by atoms with Crippen molar-refractivity contribution in [1.29, 1.82) is 0 Å². The highest BCUT2D eigenvalue weighted by molar-refractivity contribution is 9.10. The molecule has 1 aliphatic heterocycles. The van der Waals surface area contributed by atoms with Crippen LogP contribution >= 0.6 is 15.9 Å². The molecular weight excluding hydrogens is 266 g/mol. The van der Waals surface area contributed by atoms with Crippen LogP contribution in [0.25, 0.3) is 0 Å². The predicted molar refractivity (Wildman–Crippen MR) is 69.8 cm³/mol. The molecule has 1 fully saturated rings. The van der Waals surface area contributed by atoms with E-state index < -0.39 is 0 Å². The Hall–Kier alpha value is -0.540. The first-order chi connectivity index (χ1) is 7.81. The van der Waals surface area contributed by atoms with Gasteiger partial charge in [-0.05, 0) is 47.9 Å². The Morgan fingerprint density at radius 1 is 1.25 bits per heavy atom. The van der Waals surface area contributed by atoms with Crippen molar-refractivity contribution in [2.75, 3.05) is 20.2 Å². The summed E-state index contributed by atoms with van der Waals surface area (Å²) in [5, 5.41) is 0. The summed E-state index contributed by atoms with van der Waals surface area (Å²) in [6, 6.07) is 6.25. The van der Waals surface area contributed by atoms with E-state index in [1.54, 1.807) is 7.11 Å². The summed E-state index contributed by atoms with van der Waals surface area (Å²) >= 11 is 3.53. The molecule has 0 unspecified atom stereocenters. The van der Waals surface area contributed by atoms with Gasteiger partial charge in [0, 0.05) is 12.1 Å². The molecule has 1 heterocycles. The normalized spacial score (nSPS) is 17.4. The number of likely N-dealkylation sites (tertiary alicyclic amines) is 1. The maximum atomic E-state index is 5.44. The monoisotopic (exact) mass is 283 g/mol. The number of hydrogen-bond donors (Lipinski definition) is 0. The maximum Gasteiger partial charge on any atom is 0.137 e. The highest BCUT2D eigenvalue weighted by Crippen LogP contribution is 2.30. The molecule has 0 saturated carbocycles. The van der Waals surface area contributed by atoms with E-state index in [1.165, 1.54) is 37.9 Å². The van der Waals surface area contributed by atoms with Crippen molar-refractivity contribution >= 4 is 15.9 Å². The average molecular weight is 284 g/mol. The first-order valence-electron chi connectivity index (χ1n) is 5.85. The number of methoxy groups -OCH3 is 1. The molecule has 1 aromatic carbocycles. The van der Waals surface area contributed by atoms with Crippen LogP contribution in [0, 0.1) is 0 Å². The molecule has 0 radical (unpaired) electrons. The Labute approximate surface area is 106 Å². The standard InChI is InChI=1S/C13H18BrNO/c1-16-13-11(6-5-7-12(13)14)10-15-8-3-2-4-9-15/h5-7H,2-4,8-10H2,1H3. The lowest BCUT2D eigenvalue weighted by molar-refractivity contribution is 0.218. The number of piperidine rings is 1. The Kier molecular flexibility index (Phi) is 4.24. The smallest absolute Gasteiger partial charge is 0.137 e. The molecule has 0 spiro atoms. The van der Waals surface area contributed by atoms with Gasteiger partial charge in [0.2, 0.25) is 0 Å². The second-order valence-corrected chi connectivity index (χ2v) is 5.12. The van der Waals surface area contributed by atoms with Gasteiger partial charge in [0.25, 0.3) is 0 Å². The van der Waals surface area contributed by atoms with Crippen molar-refractivity contribution in [2.45, 2.75) is 25.8 Å². The van der Waals surface area contributed by atoms with Crippen molar-refractivity contribution in [3.05, 3.63) is 28.2 Å². The fourth-order valence-corrected chi connectivity index (χ4v) is 2.83. The van der Waals surface area contributed by atoms with Crippen molar-refractivity contribution < 1.29 is 4.74 Å². The fourth-order valence-electron chi connectivity index (χ4n) is 2.27. The molecule has 0 aromatic heterocycles. The van der Waals surface area contributed by atoms with Gasteiger partial charge in [-0.1, -0.05) is 18.6 Å². The number of rotatable bonds is 3. The molecule has 1 saturated heterocycles. The van der Waals surface area contributed by atoms with Crippen LogP contribution in [-0.4, -0.2) is 25.1 Å². The largest absolute Gasteiger partial charge is 0.495 e. The Morgan fingerprint density at radius 3 is 2.69 bits per heavy atom. The minimum absolute atomic E-state index is 0.980. The van der Waals surface area contributed by atoms with Crippen LogP contribution in [0.3, 0.4) is 0 Å². The van der Waals surface area contributed by atoms with Crippen LogP contribution in [0.15, 0.2) is 22.7 Å². The third-order valence-electron chi connectivity index (χ3n) is 3.10. The minimum Gasteiger partial charge on any atom is -0.495 e. The summed E-state index contributed by atoms with van der Waals surface area (Å²) in [5.74, 6) is 0.980. The lowest BCUT2D eigenvalue weighted by Gasteiger charge is -2.27. The first-order valence-corrected chi connectivity index (χ1v) is 6.64. The van der Waals surface area contributed by atoms with Crippen molar-refractivity contribution in [2.24, 2.45) is 0 Å². The number of para-hydroxylation sites is 1. The Balaban J connectivity index is 2.10. The second kappa shape index (κ2) is 5.69. The van der Waals surface area contributed by atoms with E-state index in [0.29, 0.717) is 0 Å². The summed E-state index contributed by atoms with van der Waals surface area (Å²) in [6.07, 6.45) is 4.04. The lowest BCUT2D eigenvalue weighted by Crippen LogP contribution is -2.29. The molecule has 0 atom stereocenters. The van der Waals surface area contributed by atoms with Gasteiger partial charge in [-0.15, -0.1) is 0 Å². The number of nitrogens with zero attached hydrogens (tertiary/aromatic N) is 1. The summed E-state index contributed by atoms with van der Waals surface area (Å²) in [6.45, 7) is 3.44. The van der Waals surface area contributed by atoms with E-state index in [9.17, 15) is 0 Å². The van der Waals surface area contributed by atoms with Gasteiger partial charge in [-0.3, -0.25) is 4.90 Å². The van der Waals surface area contributed by atoms with Crippen molar-refractivity contribution in [3.63, 3.8) is 0 Å². The molecule has 16 heavy (non-hydrogen) atoms. The maximum absolute atomic E-state index is 5.44. The van der Waals surface area contributed by atoms with Crippen LogP contribution in [0.4, 0.5) is 0 Å². The van der Waals surface area contributed by atoms with Gasteiger partial charge >= 0.3 is 0 Å². The number of hydrogen-bond acceptors (Lipinski definition) is 2. The summed E-state index contributed by atoms with van der Waals surface area (Å²) in [4.78, 5) is 2.51. The van der Waals surface area contributed by atoms with E-state index in [0.717, 1.165) is 16.8 Å². The highest BCUT2D eigenvalue weighted by atomic mass is 79.9.